The van der Waals surface area contributed by atoms with Gasteiger partial charge in [-0.3, -0.25) is 4.79 Å². The molecule has 6 heteroatoms. The molecule has 114 valence electrons. The minimum atomic E-state index is -1.03. The van der Waals surface area contributed by atoms with Gasteiger partial charge in [-0.25, -0.2) is 0 Å². The van der Waals surface area contributed by atoms with E-state index in [1.807, 2.05) is 42.5 Å². The van der Waals surface area contributed by atoms with E-state index in [2.05, 4.69) is 0 Å². The monoisotopic (exact) mass is 344 g/mol. The Morgan fingerprint density at radius 2 is 1.90 bits per heavy atom. The number of halogens is 2. The van der Waals surface area contributed by atoms with Crippen LogP contribution < -0.4 is 5.73 Å². The van der Waals surface area contributed by atoms with E-state index in [9.17, 15) is 4.79 Å². The third-order valence-electron chi connectivity index (χ3n) is 3.19. The van der Waals surface area contributed by atoms with Crippen LogP contribution in [0.2, 0.25) is 4.34 Å². The molecule has 0 radical (unpaired) electrons. The van der Waals surface area contributed by atoms with Crippen molar-refractivity contribution in [3.63, 3.8) is 0 Å². The van der Waals surface area contributed by atoms with E-state index in [0.717, 1.165) is 14.8 Å². The molecule has 1 amide bonds. The maximum atomic E-state index is 12.5. The molecule has 21 heavy (non-hydrogen) atoms. The summed E-state index contributed by atoms with van der Waals surface area (Å²) in [4.78, 5) is 15.2. The van der Waals surface area contributed by atoms with Gasteiger partial charge in [0.1, 0.15) is 5.54 Å². The molecule has 0 aliphatic rings. The van der Waals surface area contributed by atoms with Crippen LogP contribution in [0.3, 0.4) is 0 Å². The van der Waals surface area contributed by atoms with Crippen molar-refractivity contribution < 1.29 is 4.79 Å². The summed E-state index contributed by atoms with van der Waals surface area (Å²) < 4.78 is 0.722. The number of nitrogens with two attached hydrogens (primary N) is 1. The van der Waals surface area contributed by atoms with E-state index in [-0.39, 0.29) is 18.3 Å². The highest BCUT2D eigenvalue weighted by molar-refractivity contribution is 7.16. The number of nitrogens with zero attached hydrogens (tertiary/aromatic N) is 1. The second-order valence-corrected chi connectivity index (χ2v) is 6.74. The summed E-state index contributed by atoms with van der Waals surface area (Å²) in [5.74, 6) is -0.117. The van der Waals surface area contributed by atoms with Gasteiger partial charge in [0, 0.05) is 11.9 Å². The van der Waals surface area contributed by atoms with Crippen LogP contribution in [0.25, 0.3) is 0 Å². The highest BCUT2D eigenvalue weighted by Crippen LogP contribution is 2.25. The van der Waals surface area contributed by atoms with Gasteiger partial charge in [0.25, 0.3) is 0 Å². The molecule has 0 spiro atoms. The molecule has 0 saturated heterocycles. The normalized spacial score (nSPS) is 13.1. The maximum absolute atomic E-state index is 12.5. The van der Waals surface area contributed by atoms with Crippen LogP contribution in [0.1, 0.15) is 17.4 Å². The van der Waals surface area contributed by atoms with Crippen molar-refractivity contribution >= 4 is 41.3 Å². The molecule has 1 heterocycles. The fraction of sp³-hybridized carbons (Fsp3) is 0.267. The molecule has 3 nitrogen and oxygen atoms in total. The van der Waals surface area contributed by atoms with Crippen molar-refractivity contribution in [1.82, 2.24) is 4.90 Å². The standard InChI is InChI=1S/C15H17ClN2OS.ClH/c1-15(17,11-6-4-3-5-7-11)14(19)18(2)10-12-8-9-13(16)20-12;/h3-9H,10,17H2,1-2H3;1H. The lowest BCUT2D eigenvalue weighted by Gasteiger charge is -2.29. The summed E-state index contributed by atoms with van der Waals surface area (Å²) in [6, 6.07) is 13.2. The van der Waals surface area contributed by atoms with Gasteiger partial charge in [-0.1, -0.05) is 41.9 Å². The Kier molecular flexibility index (Phi) is 6.23. The molecule has 2 rings (SSSR count). The second-order valence-electron chi connectivity index (χ2n) is 4.94. The van der Waals surface area contributed by atoms with E-state index in [4.69, 9.17) is 17.3 Å². The molecule has 2 aromatic rings. The van der Waals surface area contributed by atoms with Crippen LogP contribution >= 0.6 is 35.3 Å². The Labute approximate surface area is 140 Å². The zero-order valence-electron chi connectivity index (χ0n) is 11.9. The Hall–Kier alpha value is -1.07. The van der Waals surface area contributed by atoms with Gasteiger partial charge in [0.05, 0.1) is 10.9 Å². The smallest absolute Gasteiger partial charge is 0.247 e. The Morgan fingerprint density at radius 3 is 2.43 bits per heavy atom. The van der Waals surface area contributed by atoms with Crippen LogP contribution in [0.4, 0.5) is 0 Å². The molecule has 1 aromatic carbocycles. The van der Waals surface area contributed by atoms with E-state index in [0.29, 0.717) is 6.54 Å². The van der Waals surface area contributed by atoms with E-state index in [1.165, 1.54) is 11.3 Å². The average molecular weight is 345 g/mol. The summed E-state index contributed by atoms with van der Waals surface area (Å²) in [5, 5.41) is 0. The fourth-order valence-electron chi connectivity index (χ4n) is 2.05. The highest BCUT2D eigenvalue weighted by atomic mass is 35.5. The number of amides is 1. The predicted octanol–water partition coefficient (Wildman–Crippen LogP) is 3.66. The zero-order chi connectivity index (χ0) is 14.8. The number of rotatable bonds is 4. The molecule has 0 fully saturated rings. The summed E-state index contributed by atoms with van der Waals surface area (Å²) in [7, 11) is 1.75. The molecule has 0 aliphatic carbocycles. The molecular weight excluding hydrogens is 327 g/mol. The number of thiophene rings is 1. The molecule has 0 bridgehead atoms. The van der Waals surface area contributed by atoms with Crippen LogP contribution in [-0.4, -0.2) is 17.9 Å². The summed E-state index contributed by atoms with van der Waals surface area (Å²) in [5.41, 5.74) is 6.00. The average Bonchev–Trinajstić information content (AvgIpc) is 2.84. The first-order chi connectivity index (χ1) is 9.41. The lowest BCUT2D eigenvalue weighted by Crippen LogP contribution is -2.49. The molecule has 0 aliphatic heterocycles. The largest absolute Gasteiger partial charge is 0.339 e. The SMILES string of the molecule is CN(Cc1ccc(Cl)s1)C(=O)C(C)(N)c1ccccc1.Cl. The second kappa shape index (κ2) is 7.27. The Balaban J connectivity index is 0.00000220. The van der Waals surface area contributed by atoms with Crippen molar-refractivity contribution in [2.45, 2.75) is 19.0 Å². The third-order valence-corrected chi connectivity index (χ3v) is 4.40. The third kappa shape index (κ3) is 4.20. The molecule has 1 unspecified atom stereocenters. The number of carbonyl (C=O) groups excluding carboxylic acids is 1. The van der Waals surface area contributed by atoms with Crippen molar-refractivity contribution in [3.8, 4) is 0 Å². The minimum absolute atomic E-state index is 0. The molecule has 1 atom stereocenters. The number of hydrogen-bond donors (Lipinski definition) is 1. The first-order valence-corrected chi connectivity index (χ1v) is 7.45. The van der Waals surface area contributed by atoms with Crippen LogP contribution in [0.15, 0.2) is 42.5 Å². The molecule has 0 saturated carbocycles. The quantitative estimate of drug-likeness (QED) is 0.919. The van der Waals surface area contributed by atoms with Gasteiger partial charge in [-0.2, -0.15) is 0 Å². The van der Waals surface area contributed by atoms with Crippen molar-refractivity contribution in [2.75, 3.05) is 7.05 Å². The van der Waals surface area contributed by atoms with Gasteiger partial charge >= 0.3 is 0 Å². The van der Waals surface area contributed by atoms with E-state index < -0.39 is 5.54 Å². The van der Waals surface area contributed by atoms with E-state index >= 15 is 0 Å². The first-order valence-electron chi connectivity index (χ1n) is 6.25. The van der Waals surface area contributed by atoms with Gasteiger partial charge in [-0.15, -0.1) is 23.7 Å². The van der Waals surface area contributed by atoms with Crippen molar-refractivity contribution in [3.05, 3.63) is 57.2 Å². The lowest BCUT2D eigenvalue weighted by atomic mass is 9.92. The summed E-state index contributed by atoms with van der Waals surface area (Å²) >= 11 is 7.37. The minimum Gasteiger partial charge on any atom is -0.339 e. The van der Waals surface area contributed by atoms with E-state index in [1.54, 1.807) is 18.9 Å². The molecule has 1 aromatic heterocycles. The van der Waals surface area contributed by atoms with Gasteiger partial charge in [0.2, 0.25) is 5.91 Å². The lowest BCUT2D eigenvalue weighted by molar-refractivity contribution is -0.135. The van der Waals surface area contributed by atoms with Gasteiger partial charge in [0.15, 0.2) is 0 Å². The predicted molar refractivity (Wildman–Crippen MR) is 91.0 cm³/mol. The van der Waals surface area contributed by atoms with Crippen molar-refractivity contribution in [2.24, 2.45) is 5.73 Å². The number of hydrogen-bond acceptors (Lipinski definition) is 3. The Bertz CT molecular complexity index is 599. The molecular formula is C15H18Cl2N2OS. The fourth-order valence-corrected chi connectivity index (χ4v) is 3.19. The highest BCUT2D eigenvalue weighted by Gasteiger charge is 2.33. The van der Waals surface area contributed by atoms with Gasteiger partial charge in [-0.05, 0) is 24.6 Å². The number of likely N-dealkylation sites (N-methyl/N-ethyl adjacent to an activating group) is 1. The number of carbonyl (C=O) groups is 1. The molecule has 2 N–H and O–H groups in total. The van der Waals surface area contributed by atoms with Crippen molar-refractivity contribution in [1.29, 1.82) is 0 Å². The summed E-state index contributed by atoms with van der Waals surface area (Å²) in [6.45, 7) is 2.25. The Morgan fingerprint density at radius 1 is 1.29 bits per heavy atom. The van der Waals surface area contributed by atoms with Gasteiger partial charge < -0.3 is 10.6 Å². The first kappa shape index (κ1) is 18.0. The zero-order valence-corrected chi connectivity index (χ0v) is 14.3. The maximum Gasteiger partial charge on any atom is 0.247 e. The number of benzene rings is 1. The van der Waals surface area contributed by atoms with Crippen LogP contribution in [0.5, 0.6) is 0 Å². The summed E-state index contributed by atoms with van der Waals surface area (Å²) in [6.07, 6.45) is 0. The van der Waals surface area contributed by atoms with Crippen LogP contribution in [0, 0.1) is 0 Å². The topological polar surface area (TPSA) is 46.3 Å². The van der Waals surface area contributed by atoms with Crippen LogP contribution in [-0.2, 0) is 16.9 Å².